The molecule has 2 amide bonds. The van der Waals surface area contributed by atoms with Crippen molar-refractivity contribution in [3.8, 4) is 5.88 Å². The van der Waals surface area contributed by atoms with Gasteiger partial charge in [0.15, 0.2) is 0 Å². The van der Waals surface area contributed by atoms with Gasteiger partial charge in [-0.15, -0.1) is 0 Å². The molecule has 0 aliphatic carbocycles. The van der Waals surface area contributed by atoms with Crippen LogP contribution in [0, 0.1) is 0 Å². The first-order chi connectivity index (χ1) is 9.10. The van der Waals surface area contributed by atoms with Gasteiger partial charge >= 0.3 is 6.09 Å². The first-order valence-electron chi connectivity index (χ1n) is 5.96. The molecular formula is C11H17N3O4S. The van der Waals surface area contributed by atoms with E-state index in [0.29, 0.717) is 6.61 Å². The number of carbonyl (C=O) groups excluding carboxylic acids is 2. The topological polar surface area (TPSA) is 104 Å². The van der Waals surface area contributed by atoms with Gasteiger partial charge in [0.25, 0.3) is 5.91 Å². The zero-order valence-corrected chi connectivity index (χ0v) is 11.7. The Morgan fingerprint density at radius 2 is 2.16 bits per heavy atom. The summed E-state index contributed by atoms with van der Waals surface area (Å²) in [6, 6.07) is 0. The Morgan fingerprint density at radius 1 is 1.42 bits per heavy atom. The SMILES string of the molecule is CCCCOc1nsc(NC(=O)OCC)c1C(N)=O. The Labute approximate surface area is 115 Å². The highest BCUT2D eigenvalue weighted by Gasteiger charge is 2.22. The quantitative estimate of drug-likeness (QED) is 0.746. The molecule has 0 saturated carbocycles. The minimum atomic E-state index is -0.702. The smallest absolute Gasteiger partial charge is 0.412 e. The lowest BCUT2D eigenvalue weighted by atomic mass is 10.3. The van der Waals surface area contributed by atoms with Crippen LogP contribution in [0.1, 0.15) is 37.0 Å². The Morgan fingerprint density at radius 3 is 2.74 bits per heavy atom. The van der Waals surface area contributed by atoms with Crippen LogP contribution in [0.5, 0.6) is 5.88 Å². The van der Waals surface area contributed by atoms with Crippen LogP contribution in [-0.2, 0) is 4.74 Å². The van der Waals surface area contributed by atoms with E-state index < -0.39 is 12.0 Å². The van der Waals surface area contributed by atoms with Crippen LogP contribution in [0.4, 0.5) is 9.80 Å². The molecule has 1 heterocycles. The second-order valence-electron chi connectivity index (χ2n) is 3.60. The van der Waals surface area contributed by atoms with E-state index in [9.17, 15) is 9.59 Å². The Hall–Kier alpha value is -1.83. The number of primary amides is 1. The molecule has 0 bridgehead atoms. The third-order valence-corrected chi connectivity index (χ3v) is 2.88. The maximum atomic E-state index is 11.4. The monoisotopic (exact) mass is 287 g/mol. The average Bonchev–Trinajstić information content (AvgIpc) is 2.73. The third-order valence-electron chi connectivity index (χ3n) is 2.13. The highest BCUT2D eigenvalue weighted by atomic mass is 32.1. The second-order valence-corrected chi connectivity index (χ2v) is 4.38. The minimum Gasteiger partial charge on any atom is -0.476 e. The highest BCUT2D eigenvalue weighted by Crippen LogP contribution is 2.30. The van der Waals surface area contributed by atoms with E-state index >= 15 is 0 Å². The molecule has 1 aromatic rings. The number of hydrogen-bond acceptors (Lipinski definition) is 6. The summed E-state index contributed by atoms with van der Waals surface area (Å²) in [7, 11) is 0. The van der Waals surface area contributed by atoms with Crippen molar-refractivity contribution in [1.82, 2.24) is 4.37 Å². The molecule has 0 atom stereocenters. The predicted octanol–water partition coefficient (Wildman–Crippen LogP) is 1.99. The minimum absolute atomic E-state index is 0.0779. The first-order valence-corrected chi connectivity index (χ1v) is 6.73. The number of carbonyl (C=O) groups is 2. The van der Waals surface area contributed by atoms with E-state index in [1.165, 1.54) is 0 Å². The number of unbranched alkanes of at least 4 members (excludes halogenated alkanes) is 1. The van der Waals surface area contributed by atoms with Crippen LogP contribution in [0.2, 0.25) is 0 Å². The summed E-state index contributed by atoms with van der Waals surface area (Å²) in [6.07, 6.45) is 1.15. The van der Waals surface area contributed by atoms with Crippen LogP contribution in [0.3, 0.4) is 0 Å². The molecule has 7 nitrogen and oxygen atoms in total. The van der Waals surface area contributed by atoms with E-state index in [4.69, 9.17) is 15.2 Å². The zero-order valence-electron chi connectivity index (χ0n) is 10.9. The van der Waals surface area contributed by atoms with Gasteiger partial charge in [-0.25, -0.2) is 4.79 Å². The van der Waals surface area contributed by atoms with E-state index in [1.54, 1.807) is 6.92 Å². The fourth-order valence-electron chi connectivity index (χ4n) is 1.25. The van der Waals surface area contributed by atoms with E-state index in [2.05, 4.69) is 9.69 Å². The number of aromatic nitrogens is 1. The van der Waals surface area contributed by atoms with Crippen LogP contribution in [-0.4, -0.2) is 29.6 Å². The number of nitrogens with two attached hydrogens (primary N) is 1. The lowest BCUT2D eigenvalue weighted by Crippen LogP contribution is -2.18. The molecule has 0 fully saturated rings. The number of rotatable bonds is 7. The maximum Gasteiger partial charge on any atom is 0.412 e. The van der Waals surface area contributed by atoms with Crippen LogP contribution >= 0.6 is 11.5 Å². The predicted molar refractivity (Wildman–Crippen MR) is 71.7 cm³/mol. The van der Waals surface area contributed by atoms with Crippen molar-refractivity contribution in [3.63, 3.8) is 0 Å². The first kappa shape index (κ1) is 15.2. The van der Waals surface area contributed by atoms with E-state index in [1.807, 2.05) is 6.92 Å². The molecule has 8 heteroatoms. The third kappa shape index (κ3) is 4.40. The summed E-state index contributed by atoms with van der Waals surface area (Å²) < 4.78 is 14.1. The average molecular weight is 287 g/mol. The number of nitrogens with zero attached hydrogens (tertiary/aromatic N) is 1. The molecular weight excluding hydrogens is 270 g/mol. The number of ether oxygens (including phenoxy) is 2. The lowest BCUT2D eigenvalue weighted by Gasteiger charge is -2.05. The number of amides is 2. The molecule has 0 saturated heterocycles. The van der Waals surface area contributed by atoms with Gasteiger partial charge in [-0.1, -0.05) is 13.3 Å². The van der Waals surface area contributed by atoms with Gasteiger partial charge in [0.2, 0.25) is 5.88 Å². The van der Waals surface area contributed by atoms with Crippen molar-refractivity contribution in [2.24, 2.45) is 5.73 Å². The maximum absolute atomic E-state index is 11.4. The number of anilines is 1. The summed E-state index contributed by atoms with van der Waals surface area (Å²) in [5, 5.41) is 2.65. The number of nitrogens with one attached hydrogen (secondary N) is 1. The van der Waals surface area contributed by atoms with Crippen LogP contribution < -0.4 is 15.8 Å². The molecule has 0 spiro atoms. The van der Waals surface area contributed by atoms with Gasteiger partial charge in [0, 0.05) is 0 Å². The Kier molecular flexibility index (Phi) is 6.07. The van der Waals surface area contributed by atoms with Gasteiger partial charge in [-0.2, -0.15) is 4.37 Å². The lowest BCUT2D eigenvalue weighted by molar-refractivity contribution is 0.0997. The van der Waals surface area contributed by atoms with Crippen LogP contribution in [0.25, 0.3) is 0 Å². The molecule has 0 aromatic carbocycles. The summed E-state index contributed by atoms with van der Waals surface area (Å²) in [5.74, 6) is -0.551. The molecule has 19 heavy (non-hydrogen) atoms. The molecule has 0 aliphatic rings. The molecule has 0 aliphatic heterocycles. The Bertz CT molecular complexity index is 447. The van der Waals surface area contributed by atoms with Gasteiger partial charge in [-0.05, 0) is 24.9 Å². The summed E-state index contributed by atoms with van der Waals surface area (Å²) in [6.45, 7) is 4.38. The van der Waals surface area contributed by atoms with E-state index in [0.717, 1.165) is 24.4 Å². The summed E-state index contributed by atoms with van der Waals surface area (Å²) in [5.41, 5.74) is 5.35. The molecule has 3 N–H and O–H groups in total. The van der Waals surface area contributed by atoms with Crippen molar-refractivity contribution in [2.75, 3.05) is 18.5 Å². The van der Waals surface area contributed by atoms with Gasteiger partial charge in [0.05, 0.1) is 13.2 Å². The zero-order chi connectivity index (χ0) is 14.3. The highest BCUT2D eigenvalue weighted by molar-refractivity contribution is 7.11. The van der Waals surface area contributed by atoms with Crippen molar-refractivity contribution in [1.29, 1.82) is 0 Å². The molecule has 106 valence electrons. The van der Waals surface area contributed by atoms with E-state index in [-0.39, 0.29) is 23.1 Å². The number of hydrogen-bond donors (Lipinski definition) is 2. The molecule has 1 aromatic heterocycles. The fraction of sp³-hybridized carbons (Fsp3) is 0.545. The van der Waals surface area contributed by atoms with Crippen molar-refractivity contribution in [2.45, 2.75) is 26.7 Å². The Balaban J connectivity index is 2.81. The molecule has 1 rings (SSSR count). The van der Waals surface area contributed by atoms with Gasteiger partial charge < -0.3 is 15.2 Å². The molecule has 0 unspecified atom stereocenters. The largest absolute Gasteiger partial charge is 0.476 e. The van der Waals surface area contributed by atoms with Crippen molar-refractivity contribution in [3.05, 3.63) is 5.56 Å². The van der Waals surface area contributed by atoms with Crippen molar-refractivity contribution < 1.29 is 19.1 Å². The van der Waals surface area contributed by atoms with Gasteiger partial charge in [-0.3, -0.25) is 10.1 Å². The second kappa shape index (κ2) is 7.57. The van der Waals surface area contributed by atoms with Crippen molar-refractivity contribution >= 4 is 28.5 Å². The van der Waals surface area contributed by atoms with Gasteiger partial charge in [0.1, 0.15) is 10.6 Å². The van der Waals surface area contributed by atoms with Crippen LogP contribution in [0.15, 0.2) is 0 Å². The fourth-order valence-corrected chi connectivity index (χ4v) is 1.98. The molecule has 0 radical (unpaired) electrons. The summed E-state index contributed by atoms with van der Waals surface area (Å²) >= 11 is 0.929. The summed E-state index contributed by atoms with van der Waals surface area (Å²) in [4.78, 5) is 22.7. The standard InChI is InChI=1S/C11H17N3O4S/c1-3-5-6-18-9-7(8(12)15)10(19-14-9)13-11(16)17-4-2/h3-6H2,1-2H3,(H2,12,15)(H,13,16). The normalized spacial score (nSPS) is 10.0.